The van der Waals surface area contributed by atoms with E-state index >= 15 is 0 Å². The van der Waals surface area contributed by atoms with Gasteiger partial charge in [-0.15, -0.1) is 0 Å². The maximum Gasteiger partial charge on any atom is 0.192 e. The predicted octanol–water partition coefficient (Wildman–Crippen LogP) is 3.32. The normalized spacial score (nSPS) is 17.2. The minimum absolute atomic E-state index is 0.230. The summed E-state index contributed by atoms with van der Waals surface area (Å²) in [4.78, 5) is 0. The molecule has 4 nitrogen and oxygen atoms in total. The fraction of sp³-hybridized carbons (Fsp3) is 0.769. The van der Waals surface area contributed by atoms with Gasteiger partial charge >= 0.3 is 0 Å². The lowest BCUT2D eigenvalue weighted by molar-refractivity contribution is 0.277. The Morgan fingerprint density at radius 2 is 2.06 bits per heavy atom. The summed E-state index contributed by atoms with van der Waals surface area (Å²) in [6, 6.07) is 0.534. The molecule has 0 radical (unpaired) electrons. The van der Waals surface area contributed by atoms with Gasteiger partial charge in [0.05, 0.1) is 18.8 Å². The van der Waals surface area contributed by atoms with Crippen molar-refractivity contribution in [2.75, 3.05) is 5.73 Å². The van der Waals surface area contributed by atoms with Crippen molar-refractivity contribution < 1.29 is 4.43 Å². The Bertz CT molecular complexity index is 430. The Morgan fingerprint density at radius 1 is 1.44 bits per heavy atom. The van der Waals surface area contributed by atoms with E-state index in [-0.39, 0.29) is 5.04 Å². The largest absolute Gasteiger partial charge is 0.412 e. The van der Waals surface area contributed by atoms with Gasteiger partial charge in [-0.2, -0.15) is 5.10 Å². The number of nitrogens with zero attached hydrogens (tertiary/aromatic N) is 2. The van der Waals surface area contributed by atoms with Crippen molar-refractivity contribution in [3.63, 3.8) is 0 Å². The summed E-state index contributed by atoms with van der Waals surface area (Å²) in [6.07, 6.45) is 4.27. The summed E-state index contributed by atoms with van der Waals surface area (Å²) in [5, 5.41) is 4.60. The SMILES string of the molecule is CC(C)(C)[Si](C)(C)OCc1cnn(C2CC2)c1N. The molecule has 0 spiro atoms. The first-order valence-corrected chi connectivity index (χ1v) is 9.59. The van der Waals surface area contributed by atoms with Gasteiger partial charge in [0.25, 0.3) is 0 Å². The van der Waals surface area contributed by atoms with E-state index in [1.807, 2.05) is 10.9 Å². The molecule has 2 N–H and O–H groups in total. The topological polar surface area (TPSA) is 53.1 Å². The summed E-state index contributed by atoms with van der Waals surface area (Å²) < 4.78 is 8.13. The van der Waals surface area contributed by atoms with Crippen molar-refractivity contribution in [3.05, 3.63) is 11.8 Å². The molecule has 0 amide bonds. The summed E-state index contributed by atoms with van der Waals surface area (Å²) in [5.41, 5.74) is 7.15. The number of hydrogen-bond acceptors (Lipinski definition) is 3. The minimum atomic E-state index is -1.71. The third-order valence-corrected chi connectivity index (χ3v) is 8.68. The molecule has 0 saturated heterocycles. The Hall–Kier alpha value is -0.813. The highest BCUT2D eigenvalue weighted by Gasteiger charge is 2.37. The van der Waals surface area contributed by atoms with E-state index in [0.29, 0.717) is 12.6 Å². The number of nitrogen functional groups attached to an aromatic ring is 1. The van der Waals surface area contributed by atoms with E-state index in [2.05, 4.69) is 39.0 Å². The Balaban J connectivity index is 2.02. The number of hydrogen-bond donors (Lipinski definition) is 1. The second-order valence-corrected chi connectivity index (χ2v) is 11.6. The Labute approximate surface area is 111 Å². The van der Waals surface area contributed by atoms with Crippen molar-refractivity contribution in [3.8, 4) is 0 Å². The lowest BCUT2D eigenvalue weighted by Gasteiger charge is -2.36. The van der Waals surface area contributed by atoms with Crippen LogP contribution in [0.4, 0.5) is 5.82 Å². The highest BCUT2D eigenvalue weighted by atomic mass is 28.4. The fourth-order valence-corrected chi connectivity index (χ4v) is 2.55. The summed E-state index contributed by atoms with van der Waals surface area (Å²) in [5.74, 6) is 0.788. The van der Waals surface area contributed by atoms with E-state index in [9.17, 15) is 0 Å². The van der Waals surface area contributed by atoms with E-state index < -0.39 is 8.32 Å². The van der Waals surface area contributed by atoms with Crippen molar-refractivity contribution in [2.45, 2.75) is 64.4 Å². The van der Waals surface area contributed by atoms with Crippen LogP contribution in [0.5, 0.6) is 0 Å². The van der Waals surface area contributed by atoms with Crippen LogP contribution in [0, 0.1) is 0 Å². The third kappa shape index (κ3) is 2.62. The highest BCUT2D eigenvalue weighted by molar-refractivity contribution is 6.74. The first-order chi connectivity index (χ1) is 8.22. The molecule has 1 heterocycles. The molecule has 1 aromatic heterocycles. The zero-order valence-electron chi connectivity index (χ0n) is 12.2. The van der Waals surface area contributed by atoms with Gasteiger partial charge in [0, 0.05) is 5.56 Å². The summed E-state index contributed by atoms with van der Waals surface area (Å²) in [7, 11) is -1.71. The van der Waals surface area contributed by atoms with Crippen LogP contribution < -0.4 is 5.73 Å². The van der Waals surface area contributed by atoms with E-state index in [1.165, 1.54) is 12.8 Å². The number of rotatable bonds is 4. The van der Waals surface area contributed by atoms with Gasteiger partial charge in [-0.25, -0.2) is 4.68 Å². The lowest BCUT2D eigenvalue weighted by Crippen LogP contribution is -2.40. The average molecular weight is 267 g/mol. The van der Waals surface area contributed by atoms with Gasteiger partial charge in [0.1, 0.15) is 5.82 Å². The maximum absolute atomic E-state index is 6.18. The van der Waals surface area contributed by atoms with Crippen molar-refractivity contribution in [1.82, 2.24) is 9.78 Å². The van der Waals surface area contributed by atoms with Gasteiger partial charge in [-0.3, -0.25) is 0 Å². The zero-order valence-corrected chi connectivity index (χ0v) is 13.2. The molecule has 0 aromatic carbocycles. The van der Waals surface area contributed by atoms with Gasteiger partial charge < -0.3 is 10.2 Å². The monoisotopic (exact) mass is 267 g/mol. The molecule has 18 heavy (non-hydrogen) atoms. The first kappa shape index (κ1) is 13.6. The third-order valence-electron chi connectivity index (χ3n) is 4.20. The van der Waals surface area contributed by atoms with Crippen LogP contribution >= 0.6 is 0 Å². The van der Waals surface area contributed by atoms with Crippen molar-refractivity contribution in [1.29, 1.82) is 0 Å². The second kappa shape index (κ2) is 4.38. The molecule has 1 aliphatic rings. The lowest BCUT2D eigenvalue weighted by atomic mass is 10.2. The zero-order chi connectivity index (χ0) is 13.6. The van der Waals surface area contributed by atoms with Gasteiger partial charge in [-0.05, 0) is 31.0 Å². The van der Waals surface area contributed by atoms with Crippen LogP contribution in [0.3, 0.4) is 0 Å². The van der Waals surface area contributed by atoms with E-state index in [4.69, 9.17) is 10.2 Å². The molecular formula is C13H25N3OSi. The average Bonchev–Trinajstić information content (AvgIpc) is 3.00. The number of aromatic nitrogens is 2. The number of anilines is 1. The first-order valence-electron chi connectivity index (χ1n) is 6.68. The van der Waals surface area contributed by atoms with E-state index in [1.54, 1.807) is 0 Å². The van der Waals surface area contributed by atoms with Crippen LogP contribution in [-0.2, 0) is 11.0 Å². The molecule has 1 fully saturated rings. The molecule has 0 bridgehead atoms. The molecule has 1 saturated carbocycles. The molecule has 0 unspecified atom stereocenters. The summed E-state index contributed by atoms with van der Waals surface area (Å²) in [6.45, 7) is 11.8. The minimum Gasteiger partial charge on any atom is -0.412 e. The molecule has 5 heteroatoms. The molecule has 2 rings (SSSR count). The van der Waals surface area contributed by atoms with Crippen LogP contribution in [0.2, 0.25) is 18.1 Å². The molecule has 1 aliphatic carbocycles. The highest BCUT2D eigenvalue weighted by Crippen LogP contribution is 2.39. The van der Waals surface area contributed by atoms with Crippen LogP contribution in [-0.4, -0.2) is 18.1 Å². The Kier molecular flexibility index (Phi) is 3.31. The fourth-order valence-electron chi connectivity index (χ4n) is 1.60. The smallest absolute Gasteiger partial charge is 0.192 e. The second-order valence-electron chi connectivity index (χ2n) is 6.78. The predicted molar refractivity (Wildman–Crippen MR) is 76.9 cm³/mol. The van der Waals surface area contributed by atoms with Crippen molar-refractivity contribution in [2.24, 2.45) is 0 Å². The number of nitrogens with two attached hydrogens (primary N) is 1. The molecule has 0 atom stereocenters. The molecule has 1 aromatic rings. The van der Waals surface area contributed by atoms with Crippen molar-refractivity contribution >= 4 is 14.1 Å². The summed E-state index contributed by atoms with van der Waals surface area (Å²) >= 11 is 0. The Morgan fingerprint density at radius 3 is 2.56 bits per heavy atom. The quantitative estimate of drug-likeness (QED) is 0.851. The van der Waals surface area contributed by atoms with Gasteiger partial charge in [0.15, 0.2) is 8.32 Å². The standard InChI is InChI=1S/C13H25N3OSi/c1-13(2,3)18(4,5)17-9-10-8-15-16(12(10)14)11-6-7-11/h8,11H,6-7,9,14H2,1-5H3. The van der Waals surface area contributed by atoms with Gasteiger partial charge in [0.2, 0.25) is 0 Å². The van der Waals surface area contributed by atoms with Crippen LogP contribution in [0.1, 0.15) is 45.2 Å². The van der Waals surface area contributed by atoms with Gasteiger partial charge in [-0.1, -0.05) is 20.8 Å². The molecular weight excluding hydrogens is 242 g/mol. The van der Waals surface area contributed by atoms with E-state index in [0.717, 1.165) is 11.4 Å². The maximum atomic E-state index is 6.18. The molecule has 102 valence electrons. The van der Waals surface area contributed by atoms with Crippen LogP contribution in [0.25, 0.3) is 0 Å². The molecule has 0 aliphatic heterocycles. The van der Waals surface area contributed by atoms with Crippen LogP contribution in [0.15, 0.2) is 6.20 Å².